The van der Waals surface area contributed by atoms with Crippen LogP contribution in [0.25, 0.3) is 0 Å². The van der Waals surface area contributed by atoms with Crippen LogP contribution >= 0.6 is 0 Å². The summed E-state index contributed by atoms with van der Waals surface area (Å²) in [7, 11) is 0.700. The number of hydrogen-bond acceptors (Lipinski definition) is 3. The number of rotatable bonds is 4. The summed E-state index contributed by atoms with van der Waals surface area (Å²) in [6, 6.07) is 8.23. The summed E-state index contributed by atoms with van der Waals surface area (Å²) in [4.78, 5) is 2.01. The number of nitrogens with one attached hydrogen (secondary N) is 1. The Hall–Kier alpha value is -1.07. The van der Waals surface area contributed by atoms with Gasteiger partial charge in [0.25, 0.3) is 0 Å². The van der Waals surface area contributed by atoms with E-state index in [1.165, 1.54) is 0 Å². The van der Waals surface area contributed by atoms with Gasteiger partial charge in [-0.3, -0.25) is 4.72 Å². The normalized spacial score (nSPS) is 11.7. The molecule has 15 heavy (non-hydrogen) atoms. The molecule has 1 N–H and O–H groups in total. The highest BCUT2D eigenvalue weighted by Crippen LogP contribution is 2.12. The Morgan fingerprint density at radius 1 is 1.47 bits per heavy atom. The van der Waals surface area contributed by atoms with E-state index in [0.717, 1.165) is 18.4 Å². The van der Waals surface area contributed by atoms with Crippen molar-refractivity contribution in [2.75, 3.05) is 25.1 Å². The van der Waals surface area contributed by atoms with Crippen molar-refractivity contribution in [2.45, 2.75) is 6.54 Å². The van der Waals surface area contributed by atoms with Gasteiger partial charge in [-0.2, -0.15) is 0 Å². The molecule has 1 aromatic rings. The summed E-state index contributed by atoms with van der Waals surface area (Å²) in [5.74, 6) is 0. The Kier molecular flexibility index (Phi) is 3.71. The lowest BCUT2D eigenvalue weighted by molar-refractivity contribution is 0.402. The van der Waals surface area contributed by atoms with E-state index >= 15 is 0 Å². The van der Waals surface area contributed by atoms with Crippen LogP contribution in [-0.4, -0.2) is 33.7 Å². The predicted octanol–water partition coefficient (Wildman–Crippen LogP) is 0.920. The van der Waals surface area contributed by atoms with E-state index in [9.17, 15) is 8.42 Å². The van der Waals surface area contributed by atoms with E-state index in [4.69, 9.17) is 0 Å². The number of hydrogen-bond donors (Lipinski definition) is 1. The van der Waals surface area contributed by atoms with E-state index in [1.807, 2.05) is 25.1 Å². The molecule has 83 valence electrons. The molecule has 0 amide bonds. The van der Waals surface area contributed by atoms with Crippen LogP contribution in [0.15, 0.2) is 18.2 Å². The summed E-state index contributed by atoms with van der Waals surface area (Å²) in [6.45, 7) is 0.771. The van der Waals surface area contributed by atoms with E-state index in [-0.39, 0.29) is 0 Å². The first-order chi connectivity index (χ1) is 6.87. The maximum Gasteiger partial charge on any atom is 0.229 e. The van der Waals surface area contributed by atoms with Gasteiger partial charge in [-0.15, -0.1) is 0 Å². The Morgan fingerprint density at radius 3 is 2.67 bits per heavy atom. The molecule has 1 aromatic carbocycles. The monoisotopic (exact) mass is 227 g/mol. The van der Waals surface area contributed by atoms with Crippen molar-refractivity contribution in [2.24, 2.45) is 0 Å². The Bertz CT molecular complexity index is 427. The smallest absolute Gasteiger partial charge is 0.229 e. The number of anilines is 1. The van der Waals surface area contributed by atoms with Gasteiger partial charge in [0, 0.05) is 12.6 Å². The van der Waals surface area contributed by atoms with Gasteiger partial charge in [0.15, 0.2) is 0 Å². The zero-order valence-electron chi connectivity index (χ0n) is 9.11. The average molecular weight is 227 g/mol. The standard InChI is InChI=1S/C10H15N2O2S/c1-12(2)8-9-5-4-6-10(7-9)11-15(3,13)14/h4-5,7,11H,8H2,1-3H3. The van der Waals surface area contributed by atoms with E-state index < -0.39 is 10.0 Å². The molecule has 0 atom stereocenters. The third kappa shape index (κ3) is 4.80. The molecule has 5 heteroatoms. The van der Waals surface area contributed by atoms with Crippen LogP contribution in [0.5, 0.6) is 0 Å². The minimum atomic E-state index is -3.22. The van der Waals surface area contributed by atoms with E-state index in [0.29, 0.717) is 5.69 Å². The third-order valence-electron chi connectivity index (χ3n) is 1.66. The molecule has 0 aliphatic carbocycles. The van der Waals surface area contributed by atoms with Crippen LogP contribution in [0.2, 0.25) is 0 Å². The summed E-state index contributed by atoms with van der Waals surface area (Å²) >= 11 is 0. The predicted molar refractivity (Wildman–Crippen MR) is 61.1 cm³/mol. The third-order valence-corrected chi connectivity index (χ3v) is 2.25. The van der Waals surface area contributed by atoms with Crippen molar-refractivity contribution in [1.82, 2.24) is 4.90 Å². The van der Waals surface area contributed by atoms with Gasteiger partial charge in [-0.1, -0.05) is 12.1 Å². The van der Waals surface area contributed by atoms with Crippen LogP contribution in [0, 0.1) is 6.07 Å². The topological polar surface area (TPSA) is 49.4 Å². The molecule has 4 nitrogen and oxygen atoms in total. The summed E-state index contributed by atoms with van der Waals surface area (Å²) in [6.07, 6.45) is 1.12. The first-order valence-electron chi connectivity index (χ1n) is 4.50. The van der Waals surface area contributed by atoms with Crippen molar-refractivity contribution in [3.63, 3.8) is 0 Å². The van der Waals surface area contributed by atoms with Gasteiger partial charge in [0.1, 0.15) is 0 Å². The highest BCUT2D eigenvalue weighted by molar-refractivity contribution is 7.92. The van der Waals surface area contributed by atoms with E-state index in [1.54, 1.807) is 12.1 Å². The molecule has 0 aliphatic heterocycles. The SMILES string of the molecule is CN(C)Cc1cc[c]c(NS(C)(=O)=O)c1. The summed E-state index contributed by atoms with van der Waals surface area (Å²) in [5.41, 5.74) is 1.53. The van der Waals surface area contributed by atoms with Gasteiger partial charge < -0.3 is 4.90 Å². The first kappa shape index (κ1) is 12.0. The van der Waals surface area contributed by atoms with Gasteiger partial charge in [0.05, 0.1) is 11.9 Å². The minimum Gasteiger partial charge on any atom is -0.305 e. The minimum absolute atomic E-state index is 0.483. The largest absolute Gasteiger partial charge is 0.305 e. The second-order valence-corrected chi connectivity index (χ2v) is 5.47. The van der Waals surface area contributed by atoms with Crippen molar-refractivity contribution in [3.05, 3.63) is 29.8 Å². The maximum atomic E-state index is 11.0. The Balaban J connectivity index is 2.83. The van der Waals surface area contributed by atoms with Crippen molar-refractivity contribution < 1.29 is 8.42 Å². The fourth-order valence-electron chi connectivity index (χ4n) is 1.24. The number of sulfonamides is 1. The molecule has 0 heterocycles. The molecule has 0 saturated carbocycles. The molecule has 0 aromatic heterocycles. The highest BCUT2D eigenvalue weighted by Gasteiger charge is 2.03. The molecule has 0 spiro atoms. The zero-order chi connectivity index (χ0) is 11.5. The molecule has 0 bridgehead atoms. The quantitative estimate of drug-likeness (QED) is 0.832. The fraction of sp³-hybridized carbons (Fsp3) is 0.400. The Labute approximate surface area is 91.0 Å². The molecule has 0 saturated heterocycles. The molecule has 1 radical (unpaired) electrons. The fourth-order valence-corrected chi connectivity index (χ4v) is 1.75. The second kappa shape index (κ2) is 4.63. The zero-order valence-corrected chi connectivity index (χ0v) is 9.93. The van der Waals surface area contributed by atoms with Crippen LogP contribution in [0.3, 0.4) is 0 Å². The van der Waals surface area contributed by atoms with E-state index in [2.05, 4.69) is 10.8 Å². The van der Waals surface area contributed by atoms with Crippen LogP contribution < -0.4 is 4.72 Å². The van der Waals surface area contributed by atoms with Crippen molar-refractivity contribution >= 4 is 15.7 Å². The summed E-state index contributed by atoms with van der Waals surface area (Å²) in [5, 5.41) is 0. The lowest BCUT2D eigenvalue weighted by atomic mass is 10.2. The lowest BCUT2D eigenvalue weighted by Crippen LogP contribution is -2.12. The van der Waals surface area contributed by atoms with Gasteiger partial charge >= 0.3 is 0 Å². The molecule has 0 aliphatic rings. The summed E-state index contributed by atoms with van der Waals surface area (Å²) < 4.78 is 24.4. The molecule has 0 unspecified atom stereocenters. The van der Waals surface area contributed by atoms with Crippen molar-refractivity contribution in [1.29, 1.82) is 0 Å². The van der Waals surface area contributed by atoms with Gasteiger partial charge in [-0.25, -0.2) is 8.42 Å². The second-order valence-electron chi connectivity index (χ2n) is 3.72. The van der Waals surface area contributed by atoms with Crippen LogP contribution in [0.1, 0.15) is 5.56 Å². The molecule has 0 fully saturated rings. The van der Waals surface area contributed by atoms with Gasteiger partial charge in [0.2, 0.25) is 10.0 Å². The van der Waals surface area contributed by atoms with Crippen LogP contribution in [0.4, 0.5) is 5.69 Å². The average Bonchev–Trinajstić information content (AvgIpc) is 1.99. The van der Waals surface area contributed by atoms with Crippen LogP contribution in [-0.2, 0) is 16.6 Å². The van der Waals surface area contributed by atoms with Gasteiger partial charge in [-0.05, 0) is 25.7 Å². The van der Waals surface area contributed by atoms with Crippen molar-refractivity contribution in [3.8, 4) is 0 Å². The number of benzene rings is 1. The number of nitrogens with zero attached hydrogens (tertiary/aromatic N) is 1. The lowest BCUT2D eigenvalue weighted by Gasteiger charge is -2.10. The maximum absolute atomic E-state index is 11.0. The first-order valence-corrected chi connectivity index (χ1v) is 6.39. The highest BCUT2D eigenvalue weighted by atomic mass is 32.2. The molecule has 1 rings (SSSR count). The Morgan fingerprint density at radius 2 is 2.13 bits per heavy atom. The molecular formula is C10H15N2O2S. The molecular weight excluding hydrogens is 212 g/mol.